The van der Waals surface area contributed by atoms with Crippen LogP contribution in [0.5, 0.6) is 0 Å². The highest BCUT2D eigenvalue weighted by molar-refractivity contribution is 6.17. The van der Waals surface area contributed by atoms with Gasteiger partial charge >= 0.3 is 6.03 Å². The molecule has 1 fully saturated rings. The van der Waals surface area contributed by atoms with Crippen molar-refractivity contribution in [2.24, 2.45) is 5.92 Å². The number of aryl methyl sites for hydroxylation is 1. The number of imide groups is 2. The van der Waals surface area contributed by atoms with Crippen LogP contribution in [0.25, 0.3) is 0 Å². The molecule has 1 atom stereocenters. The summed E-state index contributed by atoms with van der Waals surface area (Å²) in [6.07, 6.45) is -0.0211. The number of nitrogens with one attached hydrogen (secondary N) is 2. The van der Waals surface area contributed by atoms with Gasteiger partial charge in [-0.25, -0.2) is 4.79 Å². The Kier molecular flexibility index (Phi) is 4.93. The van der Waals surface area contributed by atoms with Crippen LogP contribution in [-0.4, -0.2) is 23.6 Å². The van der Waals surface area contributed by atoms with Gasteiger partial charge in [0.1, 0.15) is 5.92 Å². The van der Waals surface area contributed by atoms with Crippen LogP contribution in [0, 0.1) is 12.8 Å². The summed E-state index contributed by atoms with van der Waals surface area (Å²) in [6.45, 7) is 1.92. The topological polar surface area (TPSA) is 92.3 Å². The lowest BCUT2D eigenvalue weighted by Crippen LogP contribution is -2.57. The van der Waals surface area contributed by atoms with E-state index < -0.39 is 29.7 Å². The molecule has 3 rings (SSSR count). The maximum atomic E-state index is 12.7. The number of amides is 4. The Morgan fingerprint density at radius 3 is 2.08 bits per heavy atom. The van der Waals surface area contributed by atoms with Crippen LogP contribution in [0.3, 0.4) is 0 Å². The maximum Gasteiger partial charge on any atom is 0.328 e. The molecule has 132 valence electrons. The summed E-state index contributed by atoms with van der Waals surface area (Å²) in [5.41, 5.74) is 2.23. The lowest BCUT2D eigenvalue weighted by Gasteiger charge is -2.28. The molecule has 26 heavy (non-hydrogen) atoms. The van der Waals surface area contributed by atoms with Gasteiger partial charge in [-0.1, -0.05) is 60.2 Å². The van der Waals surface area contributed by atoms with Crippen molar-refractivity contribution in [2.75, 3.05) is 0 Å². The SMILES string of the molecule is Cc1ccc(C(CC(=O)c2ccccc2)C2C(=O)NC(=O)NC2=O)cc1. The first-order valence-electron chi connectivity index (χ1n) is 8.26. The zero-order valence-electron chi connectivity index (χ0n) is 14.2. The second-order valence-electron chi connectivity index (χ2n) is 6.30. The molecule has 1 aliphatic heterocycles. The van der Waals surface area contributed by atoms with Gasteiger partial charge in [0.2, 0.25) is 11.8 Å². The number of urea groups is 1. The Morgan fingerprint density at radius 1 is 0.923 bits per heavy atom. The summed E-state index contributed by atoms with van der Waals surface area (Å²) in [6, 6.07) is 15.2. The van der Waals surface area contributed by atoms with Gasteiger partial charge in [0.05, 0.1) is 0 Å². The minimum atomic E-state index is -1.15. The molecular weight excluding hydrogens is 332 g/mol. The maximum absolute atomic E-state index is 12.7. The van der Waals surface area contributed by atoms with Crippen LogP contribution < -0.4 is 10.6 Å². The Hall–Kier alpha value is -3.28. The highest BCUT2D eigenvalue weighted by Crippen LogP contribution is 2.31. The van der Waals surface area contributed by atoms with E-state index in [2.05, 4.69) is 10.6 Å². The molecule has 0 bridgehead atoms. The van der Waals surface area contributed by atoms with Crippen molar-refractivity contribution in [3.8, 4) is 0 Å². The summed E-state index contributed by atoms with van der Waals surface area (Å²) in [5, 5.41) is 4.23. The van der Waals surface area contributed by atoms with Crippen molar-refractivity contribution < 1.29 is 19.2 Å². The Morgan fingerprint density at radius 2 is 1.50 bits per heavy atom. The highest BCUT2D eigenvalue weighted by Gasteiger charge is 2.41. The average molecular weight is 350 g/mol. The summed E-state index contributed by atoms with van der Waals surface area (Å²) in [7, 11) is 0. The van der Waals surface area contributed by atoms with E-state index in [0.29, 0.717) is 11.1 Å². The van der Waals surface area contributed by atoms with Crippen LogP contribution in [0.1, 0.15) is 33.8 Å². The standard InChI is InChI=1S/C20H18N2O4/c1-12-7-9-13(10-8-12)15(11-16(23)14-5-3-2-4-6-14)17-18(24)21-20(26)22-19(17)25/h2-10,15,17H,11H2,1H3,(H2,21,22,24,25,26). The molecule has 1 heterocycles. The van der Waals surface area contributed by atoms with Crippen molar-refractivity contribution >= 4 is 23.6 Å². The van der Waals surface area contributed by atoms with Gasteiger partial charge in [0.25, 0.3) is 0 Å². The molecule has 2 aromatic carbocycles. The number of hydrogen-bond donors (Lipinski definition) is 2. The molecule has 1 unspecified atom stereocenters. The van der Waals surface area contributed by atoms with Crippen molar-refractivity contribution in [3.63, 3.8) is 0 Å². The van der Waals surface area contributed by atoms with E-state index in [1.807, 2.05) is 25.1 Å². The number of ketones is 1. The van der Waals surface area contributed by atoms with E-state index in [1.54, 1.807) is 36.4 Å². The molecule has 1 aliphatic rings. The van der Waals surface area contributed by atoms with Crippen LogP contribution in [0.4, 0.5) is 4.79 Å². The molecule has 0 aromatic heterocycles. The van der Waals surface area contributed by atoms with Gasteiger partial charge in [-0.2, -0.15) is 0 Å². The van der Waals surface area contributed by atoms with Crippen molar-refractivity contribution in [1.82, 2.24) is 10.6 Å². The van der Waals surface area contributed by atoms with Gasteiger partial charge in [-0.15, -0.1) is 0 Å². The normalized spacial score (nSPS) is 16.0. The van der Waals surface area contributed by atoms with Crippen molar-refractivity contribution in [2.45, 2.75) is 19.3 Å². The predicted molar refractivity (Wildman–Crippen MR) is 94.5 cm³/mol. The van der Waals surface area contributed by atoms with E-state index in [4.69, 9.17) is 0 Å². The average Bonchev–Trinajstić information content (AvgIpc) is 2.61. The number of hydrogen-bond acceptors (Lipinski definition) is 4. The molecule has 0 saturated carbocycles. The molecule has 1 saturated heterocycles. The second kappa shape index (κ2) is 7.31. The van der Waals surface area contributed by atoms with Gasteiger partial charge in [-0.3, -0.25) is 25.0 Å². The third-order valence-corrected chi connectivity index (χ3v) is 4.45. The van der Waals surface area contributed by atoms with Gasteiger partial charge in [-0.05, 0) is 12.5 Å². The Bertz CT molecular complexity index is 839. The van der Waals surface area contributed by atoms with Crippen molar-refractivity contribution in [1.29, 1.82) is 0 Å². The molecule has 6 heteroatoms. The number of carbonyl (C=O) groups excluding carboxylic acids is 4. The molecule has 2 N–H and O–H groups in total. The number of benzene rings is 2. The number of carbonyl (C=O) groups is 4. The van der Waals surface area contributed by atoms with Gasteiger partial charge in [0.15, 0.2) is 5.78 Å². The third-order valence-electron chi connectivity index (χ3n) is 4.45. The first-order valence-corrected chi connectivity index (χ1v) is 8.26. The summed E-state index contributed by atoms with van der Waals surface area (Å²) >= 11 is 0. The summed E-state index contributed by atoms with van der Waals surface area (Å²) in [5.74, 6) is -3.37. The van der Waals surface area contributed by atoms with E-state index >= 15 is 0 Å². The molecular formula is C20H18N2O4. The summed E-state index contributed by atoms with van der Waals surface area (Å²) in [4.78, 5) is 48.7. The molecule has 0 spiro atoms. The minimum Gasteiger partial charge on any atom is -0.294 e. The fraction of sp³-hybridized carbons (Fsp3) is 0.200. The molecule has 6 nitrogen and oxygen atoms in total. The van der Waals surface area contributed by atoms with Gasteiger partial charge in [0, 0.05) is 17.9 Å². The van der Waals surface area contributed by atoms with Crippen LogP contribution in [0.15, 0.2) is 54.6 Å². The zero-order valence-corrected chi connectivity index (χ0v) is 14.2. The van der Waals surface area contributed by atoms with Crippen molar-refractivity contribution in [3.05, 3.63) is 71.3 Å². The third kappa shape index (κ3) is 3.69. The first kappa shape index (κ1) is 17.5. The minimum absolute atomic E-state index is 0.0211. The largest absolute Gasteiger partial charge is 0.328 e. The fourth-order valence-corrected chi connectivity index (χ4v) is 3.08. The predicted octanol–water partition coefficient (Wildman–Crippen LogP) is 2.33. The van der Waals surface area contributed by atoms with E-state index in [9.17, 15) is 19.2 Å². The number of barbiturate groups is 1. The van der Waals surface area contributed by atoms with E-state index in [1.165, 1.54) is 0 Å². The molecule has 0 aliphatic carbocycles. The monoisotopic (exact) mass is 350 g/mol. The second-order valence-corrected chi connectivity index (χ2v) is 6.30. The molecule has 0 radical (unpaired) electrons. The first-order chi connectivity index (χ1) is 12.5. The number of Topliss-reactive ketones (excluding diaryl/α,β-unsaturated/α-hetero) is 1. The van der Waals surface area contributed by atoms with E-state index in [0.717, 1.165) is 5.56 Å². The Balaban J connectivity index is 1.95. The Labute approximate surface area is 150 Å². The molecule has 4 amide bonds. The zero-order chi connectivity index (χ0) is 18.7. The van der Waals surface area contributed by atoms with Crippen LogP contribution in [-0.2, 0) is 9.59 Å². The smallest absolute Gasteiger partial charge is 0.294 e. The van der Waals surface area contributed by atoms with E-state index in [-0.39, 0.29) is 12.2 Å². The van der Waals surface area contributed by atoms with Crippen LogP contribution >= 0.6 is 0 Å². The fourth-order valence-electron chi connectivity index (χ4n) is 3.08. The highest BCUT2D eigenvalue weighted by atomic mass is 16.2. The lowest BCUT2D eigenvalue weighted by molar-refractivity contribution is -0.136. The van der Waals surface area contributed by atoms with Crippen LogP contribution in [0.2, 0.25) is 0 Å². The lowest BCUT2D eigenvalue weighted by atomic mass is 9.79. The number of rotatable bonds is 5. The quantitative estimate of drug-likeness (QED) is 0.639. The molecule has 2 aromatic rings. The summed E-state index contributed by atoms with van der Waals surface area (Å²) < 4.78 is 0. The van der Waals surface area contributed by atoms with Gasteiger partial charge < -0.3 is 0 Å².